The van der Waals surface area contributed by atoms with Gasteiger partial charge in [-0.2, -0.15) is 0 Å². The van der Waals surface area contributed by atoms with Gasteiger partial charge in [0.2, 0.25) is 0 Å². The molecule has 0 aromatic carbocycles. The zero-order valence-corrected chi connectivity index (χ0v) is 10.0. The number of hydrogen-bond donors (Lipinski definition) is 2. The van der Waals surface area contributed by atoms with Crippen molar-refractivity contribution in [1.29, 1.82) is 0 Å². The first kappa shape index (κ1) is 17.8. The molecule has 6 nitrogen and oxygen atoms in total. The number of halogens is 2. The summed E-state index contributed by atoms with van der Waals surface area (Å²) < 4.78 is 8.99. The average Bonchev–Trinajstić information content (AvgIpc) is 2.34. The predicted molar refractivity (Wildman–Crippen MR) is 57.5 cm³/mol. The van der Waals surface area contributed by atoms with Gasteiger partial charge in [0.15, 0.2) is 0 Å². The third kappa shape index (κ3) is 15.9. The number of esters is 2. The molecule has 0 aromatic rings. The lowest BCUT2D eigenvalue weighted by Crippen LogP contribution is -2.14. The highest BCUT2D eigenvalue weighted by molar-refractivity contribution is 6.26. The monoisotopic (exact) mass is 276 g/mol. The van der Waals surface area contributed by atoms with Crippen LogP contribution in [0.5, 0.6) is 0 Å². The Hall–Kier alpha value is -0.560. The number of ether oxygens (including phenoxy) is 2. The Morgan fingerprint density at radius 1 is 0.875 bits per heavy atom. The smallest absolute Gasteiger partial charge is 0.320 e. The van der Waals surface area contributed by atoms with Crippen LogP contribution in [0.3, 0.4) is 0 Å². The molecule has 0 aliphatic carbocycles. The number of hydrogen-bond acceptors (Lipinski definition) is 6. The second-order valence-corrected chi connectivity index (χ2v) is 2.69. The summed E-state index contributed by atoms with van der Waals surface area (Å²) >= 11 is 10.2. The minimum Gasteiger partial charge on any atom is -0.461 e. The molecule has 0 fully saturated rings. The van der Waals surface area contributed by atoms with Crippen molar-refractivity contribution >= 4 is 35.1 Å². The molecule has 0 saturated carbocycles. The van der Waals surface area contributed by atoms with E-state index in [2.05, 4.69) is 9.47 Å². The lowest BCUT2D eigenvalue weighted by molar-refractivity contribution is -0.149. The molecule has 16 heavy (non-hydrogen) atoms. The summed E-state index contributed by atoms with van der Waals surface area (Å²) in [6.07, 6.45) is 0. The fourth-order valence-electron chi connectivity index (χ4n) is 0.388. The topological polar surface area (TPSA) is 93.1 Å². The summed E-state index contributed by atoms with van der Waals surface area (Å²) in [5.74, 6) is -1.50. The molecule has 0 atom stereocenters. The first-order valence-electron chi connectivity index (χ1n) is 4.27. The molecule has 0 aliphatic heterocycles. The maximum absolute atomic E-state index is 10.4. The van der Waals surface area contributed by atoms with Crippen LogP contribution in [0.15, 0.2) is 0 Å². The molecule has 2 N–H and O–H groups in total. The summed E-state index contributed by atoms with van der Waals surface area (Å²) in [6.45, 7) is -0.234. The zero-order valence-electron chi connectivity index (χ0n) is 8.53. The van der Waals surface area contributed by atoms with Crippen LogP contribution in [0.4, 0.5) is 0 Å². The van der Waals surface area contributed by atoms with Gasteiger partial charge in [0.1, 0.15) is 25.0 Å². The van der Waals surface area contributed by atoms with E-state index in [9.17, 15) is 9.59 Å². The van der Waals surface area contributed by atoms with E-state index in [-0.39, 0.29) is 38.2 Å². The van der Waals surface area contributed by atoms with Crippen molar-refractivity contribution in [2.75, 3.05) is 38.2 Å². The van der Waals surface area contributed by atoms with Gasteiger partial charge in [-0.1, -0.05) is 0 Å². The van der Waals surface area contributed by atoms with Crippen LogP contribution >= 0.6 is 23.2 Å². The van der Waals surface area contributed by atoms with Gasteiger partial charge in [-0.25, -0.2) is 0 Å². The summed E-state index contributed by atoms with van der Waals surface area (Å²) in [5, 5.41) is 15.2. The molecular formula is C8H14Cl2O6. The van der Waals surface area contributed by atoms with Crippen molar-refractivity contribution in [2.24, 2.45) is 0 Å². The predicted octanol–water partition coefficient (Wildman–Crippen LogP) is -0.479. The summed E-state index contributed by atoms with van der Waals surface area (Å²) in [5.41, 5.74) is 0. The van der Waals surface area contributed by atoms with E-state index in [4.69, 9.17) is 33.4 Å². The highest BCUT2D eigenvalue weighted by Crippen LogP contribution is 1.86. The van der Waals surface area contributed by atoms with E-state index < -0.39 is 11.9 Å². The number of rotatable bonds is 6. The Bertz CT molecular complexity index is 167. The van der Waals surface area contributed by atoms with Crippen LogP contribution in [-0.2, 0) is 19.1 Å². The van der Waals surface area contributed by atoms with Crippen molar-refractivity contribution in [3.05, 3.63) is 0 Å². The highest BCUT2D eigenvalue weighted by atomic mass is 35.5. The summed E-state index contributed by atoms with van der Waals surface area (Å²) in [7, 11) is 0. The van der Waals surface area contributed by atoms with Gasteiger partial charge in [0.25, 0.3) is 0 Å². The Kier molecular flexibility index (Phi) is 16.1. The molecule has 0 saturated heterocycles. The molecule has 0 aliphatic rings. The third-order valence-electron chi connectivity index (χ3n) is 0.928. The summed E-state index contributed by atoms with van der Waals surface area (Å²) in [4.78, 5) is 20.8. The van der Waals surface area contributed by atoms with Gasteiger partial charge >= 0.3 is 11.9 Å². The Balaban J connectivity index is 0. The normalized spacial score (nSPS) is 8.75. The highest BCUT2D eigenvalue weighted by Gasteiger charge is 2.01. The lowest BCUT2D eigenvalue weighted by Gasteiger charge is -2.02. The van der Waals surface area contributed by atoms with E-state index in [0.717, 1.165) is 0 Å². The largest absolute Gasteiger partial charge is 0.461 e. The molecule has 0 rings (SSSR count). The van der Waals surface area contributed by atoms with E-state index in [1.54, 1.807) is 0 Å². The van der Waals surface area contributed by atoms with Crippen molar-refractivity contribution in [1.82, 2.24) is 0 Å². The molecule has 8 heteroatoms. The van der Waals surface area contributed by atoms with E-state index in [0.29, 0.717) is 0 Å². The second-order valence-electron chi connectivity index (χ2n) is 2.16. The van der Waals surface area contributed by atoms with E-state index in [1.807, 2.05) is 0 Å². The number of aliphatic hydroxyl groups is 2. The van der Waals surface area contributed by atoms with Crippen LogP contribution in [0.2, 0.25) is 0 Å². The molecule has 0 radical (unpaired) electrons. The molecule has 0 amide bonds. The van der Waals surface area contributed by atoms with Gasteiger partial charge in [-0.3, -0.25) is 9.59 Å². The van der Waals surface area contributed by atoms with Gasteiger partial charge < -0.3 is 19.7 Å². The van der Waals surface area contributed by atoms with E-state index in [1.165, 1.54) is 0 Å². The molecule has 96 valence electrons. The zero-order chi connectivity index (χ0) is 12.8. The van der Waals surface area contributed by atoms with Crippen molar-refractivity contribution < 1.29 is 29.3 Å². The molecule has 0 unspecified atom stereocenters. The average molecular weight is 277 g/mol. The quantitative estimate of drug-likeness (QED) is 0.387. The number of carbonyl (C=O) groups excluding carboxylic acids is 2. The molecule has 0 aromatic heterocycles. The molecule has 0 bridgehead atoms. The Morgan fingerprint density at radius 3 is 1.38 bits per heavy atom. The summed E-state index contributed by atoms with van der Waals surface area (Å²) in [6, 6.07) is 0. The number of alkyl halides is 2. The third-order valence-corrected chi connectivity index (χ3v) is 1.36. The maximum Gasteiger partial charge on any atom is 0.320 e. The second kappa shape index (κ2) is 14.4. The SMILES string of the molecule is O=C(CCl)OCCOC(=O)CCl.OCCO. The van der Waals surface area contributed by atoms with Crippen molar-refractivity contribution in [3.8, 4) is 0 Å². The Morgan fingerprint density at radius 2 is 1.19 bits per heavy atom. The van der Waals surface area contributed by atoms with Crippen LogP contribution < -0.4 is 0 Å². The first-order valence-corrected chi connectivity index (χ1v) is 5.34. The minimum atomic E-state index is -0.543. The van der Waals surface area contributed by atoms with Crippen LogP contribution in [0.25, 0.3) is 0 Å². The molecular weight excluding hydrogens is 263 g/mol. The number of carbonyl (C=O) groups is 2. The maximum atomic E-state index is 10.4. The van der Waals surface area contributed by atoms with Crippen LogP contribution in [-0.4, -0.2) is 60.3 Å². The molecule has 0 heterocycles. The van der Waals surface area contributed by atoms with Gasteiger partial charge in [-0.15, -0.1) is 23.2 Å². The number of aliphatic hydroxyl groups excluding tert-OH is 2. The minimum absolute atomic E-state index is 0.00812. The molecule has 0 spiro atoms. The standard InChI is InChI=1S/C6H8Cl2O4.C2H6O2/c7-3-5(9)11-1-2-12-6(10)4-8;3-1-2-4/h1-4H2;3-4H,1-2H2. The fraction of sp³-hybridized carbons (Fsp3) is 0.750. The fourth-order valence-corrected chi connectivity index (χ4v) is 0.542. The van der Waals surface area contributed by atoms with Crippen molar-refractivity contribution in [2.45, 2.75) is 0 Å². The first-order chi connectivity index (χ1) is 7.62. The van der Waals surface area contributed by atoms with Gasteiger partial charge in [-0.05, 0) is 0 Å². The van der Waals surface area contributed by atoms with Gasteiger partial charge in [0, 0.05) is 0 Å². The van der Waals surface area contributed by atoms with Gasteiger partial charge in [0.05, 0.1) is 13.2 Å². The Labute approximate surface area is 103 Å². The van der Waals surface area contributed by atoms with Crippen LogP contribution in [0.1, 0.15) is 0 Å². The van der Waals surface area contributed by atoms with Crippen molar-refractivity contribution in [3.63, 3.8) is 0 Å². The van der Waals surface area contributed by atoms with E-state index >= 15 is 0 Å². The van der Waals surface area contributed by atoms with Crippen LogP contribution in [0, 0.1) is 0 Å². The lowest BCUT2D eigenvalue weighted by atomic mass is 10.7.